The van der Waals surface area contributed by atoms with Gasteiger partial charge in [-0.1, -0.05) is 30.0 Å². The van der Waals surface area contributed by atoms with E-state index in [1.165, 1.54) is 22.9 Å². The molecule has 1 aromatic heterocycles. The third kappa shape index (κ3) is 4.41. The molecule has 0 bridgehead atoms. The molecule has 0 N–H and O–H groups in total. The Labute approximate surface area is 177 Å². The lowest BCUT2D eigenvalue weighted by Crippen LogP contribution is -1.91. The van der Waals surface area contributed by atoms with Gasteiger partial charge in [0.25, 0.3) is 0 Å². The van der Waals surface area contributed by atoms with Gasteiger partial charge in [-0.2, -0.15) is 4.99 Å². The molecule has 0 saturated heterocycles. The molecule has 0 fully saturated rings. The second-order valence-electron chi connectivity index (χ2n) is 6.60. The number of nitrogens with zero attached hydrogens (tertiary/aromatic N) is 1. The van der Waals surface area contributed by atoms with Crippen molar-refractivity contribution in [2.75, 3.05) is 0 Å². The molecule has 1 aliphatic rings. The zero-order chi connectivity index (χ0) is 20.2. The van der Waals surface area contributed by atoms with Crippen LogP contribution < -0.4 is 0 Å². The van der Waals surface area contributed by atoms with Gasteiger partial charge in [0.1, 0.15) is 11.6 Å². The van der Waals surface area contributed by atoms with E-state index in [4.69, 9.17) is 0 Å². The van der Waals surface area contributed by atoms with Crippen molar-refractivity contribution in [3.05, 3.63) is 81.6 Å². The van der Waals surface area contributed by atoms with Gasteiger partial charge < -0.3 is 0 Å². The lowest BCUT2D eigenvalue weighted by Gasteiger charge is -2.05. The van der Waals surface area contributed by atoms with Crippen LogP contribution >= 0.6 is 23.6 Å². The van der Waals surface area contributed by atoms with E-state index in [0.717, 1.165) is 23.8 Å². The van der Waals surface area contributed by atoms with Gasteiger partial charge in [0.2, 0.25) is 0 Å². The average molecular weight is 420 g/mol. The van der Waals surface area contributed by atoms with Crippen LogP contribution in [-0.4, -0.2) is 5.16 Å². The van der Waals surface area contributed by atoms with E-state index in [0.29, 0.717) is 11.3 Å². The van der Waals surface area contributed by atoms with Gasteiger partial charge in [0.05, 0.1) is 21.3 Å². The molecule has 1 nitrogen and oxygen atoms in total. The number of allylic oxidation sites excluding steroid dienone is 2. The molecule has 5 heteroatoms. The van der Waals surface area contributed by atoms with E-state index in [-0.39, 0.29) is 11.1 Å². The summed E-state index contributed by atoms with van der Waals surface area (Å²) < 4.78 is 29.2. The highest BCUT2D eigenvalue weighted by Crippen LogP contribution is 2.32. The number of benzene rings is 2. The van der Waals surface area contributed by atoms with E-state index in [1.807, 2.05) is 12.1 Å². The standard InChI is InChI=1S/C24H15F2NS2/c25-22-14-21(16-5-8-19(9-6-16)27-15-28)23(26)13-18(22)7-10-20-11-12-24(29-20)17-3-1-2-4-17/h3,5-6,8-9,11-14H,1-2,4H2. The monoisotopic (exact) mass is 419 g/mol. The van der Waals surface area contributed by atoms with E-state index in [1.54, 1.807) is 35.6 Å². The molecule has 2 aromatic carbocycles. The molecule has 4 rings (SSSR count). The molecule has 0 spiro atoms. The Kier molecular flexibility index (Phi) is 5.78. The van der Waals surface area contributed by atoms with E-state index in [2.05, 4.69) is 40.3 Å². The van der Waals surface area contributed by atoms with Crippen LogP contribution in [0.3, 0.4) is 0 Å². The summed E-state index contributed by atoms with van der Waals surface area (Å²) in [7, 11) is 0. The molecule has 29 heavy (non-hydrogen) atoms. The summed E-state index contributed by atoms with van der Waals surface area (Å²) in [6.45, 7) is 0. The van der Waals surface area contributed by atoms with E-state index in [9.17, 15) is 8.78 Å². The SMILES string of the molecule is Fc1cc(-c2ccc(N=C=S)cc2)c(F)cc1C#Cc1ccc(C2=CCCC2)s1. The van der Waals surface area contributed by atoms with Crippen LogP contribution in [-0.2, 0) is 0 Å². The Morgan fingerprint density at radius 3 is 2.52 bits per heavy atom. The highest BCUT2D eigenvalue weighted by atomic mass is 32.1. The molecule has 142 valence electrons. The van der Waals surface area contributed by atoms with E-state index < -0.39 is 11.6 Å². The average Bonchev–Trinajstić information content (AvgIpc) is 3.41. The summed E-state index contributed by atoms with van der Waals surface area (Å²) in [4.78, 5) is 5.89. The highest BCUT2D eigenvalue weighted by molar-refractivity contribution is 7.78. The minimum absolute atomic E-state index is 0.0446. The minimum Gasteiger partial charge on any atom is -0.206 e. The maximum absolute atomic E-state index is 14.6. The molecule has 0 aliphatic heterocycles. The van der Waals surface area contributed by atoms with Crippen LogP contribution in [0.15, 0.2) is 59.6 Å². The fraction of sp³-hybridized carbons (Fsp3) is 0.125. The number of isothiocyanates is 1. The van der Waals surface area contributed by atoms with Crippen molar-refractivity contribution in [2.24, 2.45) is 4.99 Å². The van der Waals surface area contributed by atoms with Gasteiger partial charge in [-0.25, -0.2) is 8.78 Å². The zero-order valence-corrected chi connectivity index (χ0v) is 17.0. The molecule has 0 unspecified atom stereocenters. The number of hydrogen-bond acceptors (Lipinski definition) is 3. The number of thiocarbonyl (C=S) groups is 1. The first-order chi connectivity index (χ1) is 14.1. The third-order valence-corrected chi connectivity index (χ3v) is 5.86. The number of rotatable bonds is 3. The summed E-state index contributed by atoms with van der Waals surface area (Å²) in [6, 6.07) is 13.0. The first kappa shape index (κ1) is 19.4. The third-order valence-electron chi connectivity index (χ3n) is 4.69. The summed E-state index contributed by atoms with van der Waals surface area (Å²) >= 11 is 6.15. The zero-order valence-electron chi connectivity index (χ0n) is 15.3. The molecule has 3 aromatic rings. The predicted octanol–water partition coefficient (Wildman–Crippen LogP) is 7.39. The Hall–Kier alpha value is -2.90. The Balaban J connectivity index is 1.59. The van der Waals surface area contributed by atoms with Crippen LogP contribution in [0.5, 0.6) is 0 Å². The Morgan fingerprint density at radius 2 is 1.79 bits per heavy atom. The molecule has 0 atom stereocenters. The van der Waals surface area contributed by atoms with Gasteiger partial charge in [-0.3, -0.25) is 0 Å². The molecule has 1 heterocycles. The van der Waals surface area contributed by atoms with Gasteiger partial charge in [0, 0.05) is 10.4 Å². The van der Waals surface area contributed by atoms with Crippen molar-refractivity contribution < 1.29 is 8.78 Å². The van der Waals surface area contributed by atoms with Crippen molar-refractivity contribution in [1.82, 2.24) is 0 Å². The van der Waals surface area contributed by atoms with Crippen LogP contribution in [0.2, 0.25) is 0 Å². The Bertz CT molecular complexity index is 1200. The quantitative estimate of drug-likeness (QED) is 0.245. The second-order valence-corrected chi connectivity index (χ2v) is 7.86. The number of halogens is 2. The molecular weight excluding hydrogens is 404 g/mol. The van der Waals surface area contributed by atoms with Crippen molar-refractivity contribution >= 4 is 40.0 Å². The first-order valence-electron chi connectivity index (χ1n) is 9.12. The molecule has 1 aliphatic carbocycles. The maximum Gasteiger partial charge on any atom is 0.139 e. The number of aliphatic imine (C=N–C) groups is 1. The molecule has 0 radical (unpaired) electrons. The van der Waals surface area contributed by atoms with Crippen molar-refractivity contribution in [1.29, 1.82) is 0 Å². The lowest BCUT2D eigenvalue weighted by atomic mass is 10.0. The van der Waals surface area contributed by atoms with Gasteiger partial charge in [0.15, 0.2) is 0 Å². The summed E-state index contributed by atoms with van der Waals surface area (Å²) in [5.74, 6) is 4.65. The smallest absolute Gasteiger partial charge is 0.139 e. The molecular formula is C24H15F2NS2. The first-order valence-corrected chi connectivity index (χ1v) is 10.3. The lowest BCUT2D eigenvalue weighted by molar-refractivity contribution is 0.600. The fourth-order valence-electron chi connectivity index (χ4n) is 3.23. The van der Waals surface area contributed by atoms with Crippen LogP contribution in [0, 0.1) is 23.5 Å². The van der Waals surface area contributed by atoms with Crippen LogP contribution in [0.1, 0.15) is 34.6 Å². The van der Waals surface area contributed by atoms with Gasteiger partial charge in [-0.15, -0.1) is 11.3 Å². The van der Waals surface area contributed by atoms with Crippen molar-refractivity contribution in [3.8, 4) is 23.0 Å². The molecule has 0 saturated carbocycles. The van der Waals surface area contributed by atoms with Crippen molar-refractivity contribution in [3.63, 3.8) is 0 Å². The van der Waals surface area contributed by atoms with Crippen molar-refractivity contribution in [2.45, 2.75) is 19.3 Å². The largest absolute Gasteiger partial charge is 0.206 e. The number of thiophene rings is 1. The summed E-state index contributed by atoms with van der Waals surface area (Å²) in [6.07, 6.45) is 5.65. The topological polar surface area (TPSA) is 12.4 Å². The normalized spacial score (nSPS) is 12.7. The molecule has 0 amide bonds. The second kappa shape index (κ2) is 8.63. The van der Waals surface area contributed by atoms with Gasteiger partial charge >= 0.3 is 0 Å². The van der Waals surface area contributed by atoms with Crippen LogP contribution in [0.25, 0.3) is 16.7 Å². The highest BCUT2D eigenvalue weighted by Gasteiger charge is 2.12. The number of hydrogen-bond donors (Lipinski definition) is 0. The fourth-order valence-corrected chi connectivity index (χ4v) is 4.27. The van der Waals surface area contributed by atoms with Gasteiger partial charge in [-0.05, 0) is 79.0 Å². The predicted molar refractivity (Wildman–Crippen MR) is 119 cm³/mol. The Morgan fingerprint density at radius 1 is 0.966 bits per heavy atom. The van der Waals surface area contributed by atoms with E-state index >= 15 is 0 Å². The van der Waals surface area contributed by atoms with Crippen LogP contribution in [0.4, 0.5) is 14.5 Å². The summed E-state index contributed by atoms with van der Waals surface area (Å²) in [5, 5.41) is 2.27. The minimum atomic E-state index is -0.551. The summed E-state index contributed by atoms with van der Waals surface area (Å²) in [5.41, 5.74) is 2.74. The maximum atomic E-state index is 14.6.